The van der Waals surface area contributed by atoms with Gasteiger partial charge in [0.15, 0.2) is 5.78 Å². The molecule has 2 heterocycles. The standard InChI is InChI=1S/C14H14N2OS/c1-9-6-10(2)16-14(7-9)18-13-8-12(11(3)17)4-5-15-13/h4-8H,1-3H3. The normalized spacial score (nSPS) is 10.4. The van der Waals surface area contributed by atoms with Gasteiger partial charge in [0.05, 0.1) is 0 Å². The van der Waals surface area contributed by atoms with Gasteiger partial charge in [-0.15, -0.1) is 0 Å². The maximum atomic E-state index is 11.3. The Kier molecular flexibility index (Phi) is 3.77. The number of nitrogens with zero attached hydrogens (tertiary/aromatic N) is 2. The second-order valence-corrected chi connectivity index (χ2v) is 5.21. The number of Topliss-reactive ketones (excluding diaryl/α,β-unsaturated/α-hetero) is 1. The number of aryl methyl sites for hydroxylation is 2. The molecule has 0 atom stereocenters. The molecule has 0 N–H and O–H groups in total. The first kappa shape index (κ1) is 12.8. The van der Waals surface area contributed by atoms with Crippen LogP contribution in [0, 0.1) is 13.8 Å². The number of carbonyl (C=O) groups excluding carboxylic acids is 1. The van der Waals surface area contributed by atoms with Crippen LogP contribution in [-0.2, 0) is 0 Å². The molecule has 0 aliphatic heterocycles. The van der Waals surface area contributed by atoms with E-state index in [-0.39, 0.29) is 5.78 Å². The highest BCUT2D eigenvalue weighted by Crippen LogP contribution is 2.25. The summed E-state index contributed by atoms with van der Waals surface area (Å²) >= 11 is 1.47. The molecule has 0 unspecified atom stereocenters. The molecule has 0 fully saturated rings. The molecular weight excluding hydrogens is 244 g/mol. The van der Waals surface area contributed by atoms with E-state index >= 15 is 0 Å². The zero-order valence-corrected chi connectivity index (χ0v) is 11.4. The first-order valence-corrected chi connectivity index (χ1v) is 6.46. The molecule has 0 spiro atoms. The minimum absolute atomic E-state index is 0.0487. The van der Waals surface area contributed by atoms with Crippen molar-refractivity contribution in [2.24, 2.45) is 0 Å². The summed E-state index contributed by atoms with van der Waals surface area (Å²) in [4.78, 5) is 20.0. The van der Waals surface area contributed by atoms with Crippen LogP contribution in [0.15, 0.2) is 40.5 Å². The number of hydrogen-bond donors (Lipinski definition) is 0. The van der Waals surface area contributed by atoms with E-state index in [1.165, 1.54) is 17.3 Å². The Bertz CT molecular complexity index is 576. The number of pyridine rings is 2. The summed E-state index contributed by atoms with van der Waals surface area (Å²) in [5, 5.41) is 1.70. The van der Waals surface area contributed by atoms with E-state index in [9.17, 15) is 4.79 Å². The molecule has 2 rings (SSSR count). The Morgan fingerprint density at radius 1 is 1.17 bits per heavy atom. The molecule has 0 saturated heterocycles. The third kappa shape index (κ3) is 3.17. The molecule has 0 aliphatic carbocycles. The summed E-state index contributed by atoms with van der Waals surface area (Å²) in [5.74, 6) is 0.0487. The molecule has 0 saturated carbocycles. The average molecular weight is 258 g/mol. The monoisotopic (exact) mass is 258 g/mol. The van der Waals surface area contributed by atoms with E-state index < -0.39 is 0 Å². The zero-order valence-electron chi connectivity index (χ0n) is 10.6. The largest absolute Gasteiger partial charge is 0.295 e. The highest BCUT2D eigenvalue weighted by Gasteiger charge is 2.05. The second-order valence-electron chi connectivity index (χ2n) is 4.17. The van der Waals surface area contributed by atoms with E-state index in [0.29, 0.717) is 5.56 Å². The van der Waals surface area contributed by atoms with Crippen molar-refractivity contribution in [3.05, 3.63) is 47.3 Å². The first-order valence-electron chi connectivity index (χ1n) is 5.65. The molecule has 18 heavy (non-hydrogen) atoms. The first-order chi connectivity index (χ1) is 8.54. The molecule has 4 heteroatoms. The SMILES string of the molecule is CC(=O)c1ccnc(Sc2cc(C)cc(C)n2)c1. The molecule has 0 aromatic carbocycles. The van der Waals surface area contributed by atoms with Crippen LogP contribution in [0.5, 0.6) is 0 Å². The maximum Gasteiger partial charge on any atom is 0.159 e. The van der Waals surface area contributed by atoms with Crippen molar-refractivity contribution in [2.75, 3.05) is 0 Å². The predicted octanol–water partition coefficient (Wildman–Crippen LogP) is 3.45. The van der Waals surface area contributed by atoms with Gasteiger partial charge in [-0.25, -0.2) is 9.97 Å². The van der Waals surface area contributed by atoms with Crippen LogP contribution in [0.25, 0.3) is 0 Å². The number of ketones is 1. The van der Waals surface area contributed by atoms with Crippen LogP contribution in [0.2, 0.25) is 0 Å². The summed E-state index contributed by atoms with van der Waals surface area (Å²) < 4.78 is 0. The minimum atomic E-state index is 0.0487. The van der Waals surface area contributed by atoms with Gasteiger partial charge in [0, 0.05) is 17.5 Å². The molecule has 3 nitrogen and oxygen atoms in total. The zero-order chi connectivity index (χ0) is 13.1. The summed E-state index contributed by atoms with van der Waals surface area (Å²) in [7, 11) is 0. The topological polar surface area (TPSA) is 42.9 Å². The van der Waals surface area contributed by atoms with Crippen LogP contribution in [-0.4, -0.2) is 15.8 Å². The van der Waals surface area contributed by atoms with Crippen molar-refractivity contribution in [3.8, 4) is 0 Å². The minimum Gasteiger partial charge on any atom is -0.295 e. The smallest absolute Gasteiger partial charge is 0.159 e. The molecule has 2 aromatic rings. The Hall–Kier alpha value is -1.68. The van der Waals surface area contributed by atoms with Crippen LogP contribution in [0.4, 0.5) is 0 Å². The fourth-order valence-corrected chi connectivity index (χ4v) is 2.60. The molecule has 0 aliphatic rings. The van der Waals surface area contributed by atoms with Crippen LogP contribution >= 0.6 is 11.8 Å². The van der Waals surface area contributed by atoms with Crippen molar-refractivity contribution in [3.63, 3.8) is 0 Å². The maximum absolute atomic E-state index is 11.3. The van der Waals surface area contributed by atoms with E-state index in [4.69, 9.17) is 0 Å². The molecule has 2 aromatic heterocycles. The number of carbonyl (C=O) groups is 1. The van der Waals surface area contributed by atoms with Crippen molar-refractivity contribution in [2.45, 2.75) is 30.8 Å². The van der Waals surface area contributed by atoms with Crippen molar-refractivity contribution in [1.29, 1.82) is 0 Å². The second kappa shape index (κ2) is 5.31. The summed E-state index contributed by atoms with van der Waals surface area (Å²) in [6.45, 7) is 5.56. The highest BCUT2D eigenvalue weighted by atomic mass is 32.2. The number of hydrogen-bond acceptors (Lipinski definition) is 4. The van der Waals surface area contributed by atoms with Crippen LogP contribution < -0.4 is 0 Å². The van der Waals surface area contributed by atoms with Crippen molar-refractivity contribution < 1.29 is 4.79 Å². The third-order valence-electron chi connectivity index (χ3n) is 2.42. The summed E-state index contributed by atoms with van der Waals surface area (Å²) in [6, 6.07) is 7.57. The summed E-state index contributed by atoms with van der Waals surface area (Å²) in [5.41, 5.74) is 2.84. The van der Waals surface area contributed by atoms with Gasteiger partial charge in [0.25, 0.3) is 0 Å². The lowest BCUT2D eigenvalue weighted by atomic mass is 10.2. The fourth-order valence-electron chi connectivity index (χ4n) is 1.65. The third-order valence-corrected chi connectivity index (χ3v) is 3.28. The lowest BCUT2D eigenvalue weighted by Crippen LogP contribution is -1.93. The van der Waals surface area contributed by atoms with Crippen molar-refractivity contribution >= 4 is 17.5 Å². The fraction of sp³-hybridized carbons (Fsp3) is 0.214. The molecule has 0 amide bonds. The lowest BCUT2D eigenvalue weighted by molar-refractivity contribution is 0.101. The molecular formula is C14H14N2OS. The average Bonchev–Trinajstić information content (AvgIpc) is 2.27. The van der Waals surface area contributed by atoms with E-state index in [1.807, 2.05) is 26.0 Å². The van der Waals surface area contributed by atoms with Gasteiger partial charge in [0.2, 0.25) is 0 Å². The van der Waals surface area contributed by atoms with Gasteiger partial charge in [-0.1, -0.05) is 11.8 Å². The Balaban J connectivity index is 2.28. The van der Waals surface area contributed by atoms with Gasteiger partial charge in [-0.2, -0.15) is 0 Å². The van der Waals surface area contributed by atoms with Gasteiger partial charge in [-0.3, -0.25) is 4.79 Å². The van der Waals surface area contributed by atoms with E-state index in [1.54, 1.807) is 25.3 Å². The Labute approximate surface area is 111 Å². The Morgan fingerprint density at radius 2 is 1.94 bits per heavy atom. The van der Waals surface area contributed by atoms with Crippen LogP contribution in [0.3, 0.4) is 0 Å². The van der Waals surface area contributed by atoms with Gasteiger partial charge >= 0.3 is 0 Å². The quantitative estimate of drug-likeness (QED) is 0.791. The molecule has 0 radical (unpaired) electrons. The summed E-state index contributed by atoms with van der Waals surface area (Å²) in [6.07, 6.45) is 1.65. The molecule has 92 valence electrons. The van der Waals surface area contributed by atoms with Gasteiger partial charge in [0.1, 0.15) is 10.1 Å². The van der Waals surface area contributed by atoms with Gasteiger partial charge < -0.3 is 0 Å². The van der Waals surface area contributed by atoms with E-state index in [2.05, 4.69) is 9.97 Å². The number of aromatic nitrogens is 2. The van der Waals surface area contributed by atoms with Crippen molar-refractivity contribution in [1.82, 2.24) is 9.97 Å². The van der Waals surface area contributed by atoms with Gasteiger partial charge in [-0.05, 0) is 50.6 Å². The lowest BCUT2D eigenvalue weighted by Gasteiger charge is -2.04. The molecule has 0 bridgehead atoms. The highest BCUT2D eigenvalue weighted by molar-refractivity contribution is 7.99. The van der Waals surface area contributed by atoms with Crippen LogP contribution in [0.1, 0.15) is 28.5 Å². The number of rotatable bonds is 3. The predicted molar refractivity (Wildman–Crippen MR) is 72.1 cm³/mol. The van der Waals surface area contributed by atoms with E-state index in [0.717, 1.165) is 15.7 Å². The Morgan fingerprint density at radius 3 is 2.61 bits per heavy atom.